The van der Waals surface area contributed by atoms with Crippen LogP contribution in [0, 0.1) is 0 Å². The van der Waals surface area contributed by atoms with Crippen LogP contribution in [0.5, 0.6) is 0 Å². The average Bonchev–Trinajstić information content (AvgIpc) is 3.01. The van der Waals surface area contributed by atoms with E-state index >= 15 is 0 Å². The summed E-state index contributed by atoms with van der Waals surface area (Å²) < 4.78 is 3.41. The Bertz CT molecular complexity index is 506. The SMILES string of the molecule is CCCNC(c1sccc1Br)c1nccn1CCC. The van der Waals surface area contributed by atoms with Crippen molar-refractivity contribution < 1.29 is 0 Å². The second-order valence-electron chi connectivity index (χ2n) is 4.50. The van der Waals surface area contributed by atoms with Gasteiger partial charge < -0.3 is 9.88 Å². The molecule has 0 saturated carbocycles. The summed E-state index contributed by atoms with van der Waals surface area (Å²) in [4.78, 5) is 5.87. The summed E-state index contributed by atoms with van der Waals surface area (Å²) in [5, 5.41) is 5.73. The van der Waals surface area contributed by atoms with Gasteiger partial charge in [0.15, 0.2) is 0 Å². The molecule has 0 spiro atoms. The fourth-order valence-electron chi connectivity index (χ4n) is 2.11. The first kappa shape index (κ1) is 14.8. The minimum Gasteiger partial charge on any atom is -0.333 e. The average molecular weight is 342 g/mol. The fraction of sp³-hybridized carbons (Fsp3) is 0.500. The molecule has 5 heteroatoms. The number of nitrogens with zero attached hydrogens (tertiary/aromatic N) is 2. The van der Waals surface area contributed by atoms with Crippen LogP contribution in [0.2, 0.25) is 0 Å². The molecule has 1 unspecified atom stereocenters. The van der Waals surface area contributed by atoms with Gasteiger partial charge in [-0.2, -0.15) is 0 Å². The second-order valence-corrected chi connectivity index (χ2v) is 6.30. The van der Waals surface area contributed by atoms with Gasteiger partial charge >= 0.3 is 0 Å². The molecule has 2 aromatic heterocycles. The zero-order chi connectivity index (χ0) is 13.7. The predicted octanol–water partition coefficient (Wildman–Crippen LogP) is 4.21. The Morgan fingerprint density at radius 3 is 2.89 bits per heavy atom. The van der Waals surface area contributed by atoms with E-state index in [4.69, 9.17) is 0 Å². The second kappa shape index (κ2) is 7.22. The minimum absolute atomic E-state index is 0.177. The number of nitrogens with one attached hydrogen (secondary N) is 1. The van der Waals surface area contributed by atoms with Crippen molar-refractivity contribution in [2.75, 3.05) is 6.54 Å². The first-order chi connectivity index (χ1) is 9.27. The van der Waals surface area contributed by atoms with Gasteiger partial charge in [0.1, 0.15) is 11.9 Å². The Morgan fingerprint density at radius 2 is 2.26 bits per heavy atom. The van der Waals surface area contributed by atoms with Crippen molar-refractivity contribution in [1.29, 1.82) is 0 Å². The van der Waals surface area contributed by atoms with E-state index in [9.17, 15) is 0 Å². The maximum absolute atomic E-state index is 4.57. The molecule has 0 radical (unpaired) electrons. The summed E-state index contributed by atoms with van der Waals surface area (Å²) in [7, 11) is 0. The fourth-order valence-corrected chi connectivity index (χ4v) is 3.78. The number of rotatable bonds is 7. The molecule has 0 fully saturated rings. The Labute approximate surface area is 127 Å². The van der Waals surface area contributed by atoms with E-state index in [-0.39, 0.29) is 6.04 Å². The number of aryl methyl sites for hydroxylation is 1. The van der Waals surface area contributed by atoms with Crippen LogP contribution in [0.1, 0.15) is 43.4 Å². The monoisotopic (exact) mass is 341 g/mol. The summed E-state index contributed by atoms with van der Waals surface area (Å²) in [6.45, 7) is 6.39. The van der Waals surface area contributed by atoms with Crippen LogP contribution in [-0.2, 0) is 6.54 Å². The molecule has 2 heterocycles. The minimum atomic E-state index is 0.177. The quantitative estimate of drug-likeness (QED) is 0.817. The van der Waals surface area contributed by atoms with Gasteiger partial charge in [-0.15, -0.1) is 11.3 Å². The molecule has 0 amide bonds. The van der Waals surface area contributed by atoms with E-state index in [1.165, 1.54) is 4.88 Å². The Kier molecular flexibility index (Phi) is 5.60. The summed E-state index contributed by atoms with van der Waals surface area (Å²) >= 11 is 5.41. The molecule has 2 rings (SSSR count). The van der Waals surface area contributed by atoms with Crippen molar-refractivity contribution in [1.82, 2.24) is 14.9 Å². The molecule has 0 bridgehead atoms. The summed E-state index contributed by atoms with van der Waals surface area (Å²) in [6, 6.07) is 2.28. The van der Waals surface area contributed by atoms with Crippen molar-refractivity contribution in [3.63, 3.8) is 0 Å². The molecular weight excluding hydrogens is 322 g/mol. The van der Waals surface area contributed by atoms with E-state index in [0.29, 0.717) is 0 Å². The molecular formula is C14H20BrN3S. The molecule has 0 aliphatic heterocycles. The van der Waals surface area contributed by atoms with Gasteiger partial charge in [-0.05, 0) is 46.8 Å². The zero-order valence-electron chi connectivity index (χ0n) is 11.4. The van der Waals surface area contributed by atoms with Gasteiger partial charge in [0, 0.05) is 28.3 Å². The largest absolute Gasteiger partial charge is 0.333 e. The van der Waals surface area contributed by atoms with Crippen LogP contribution in [0.15, 0.2) is 28.3 Å². The van der Waals surface area contributed by atoms with Gasteiger partial charge in [0.25, 0.3) is 0 Å². The van der Waals surface area contributed by atoms with E-state index in [1.807, 2.05) is 6.20 Å². The Balaban J connectivity index is 2.31. The Hall–Kier alpha value is -0.650. The van der Waals surface area contributed by atoms with Crippen molar-refractivity contribution in [2.24, 2.45) is 0 Å². The van der Waals surface area contributed by atoms with Gasteiger partial charge in [0.2, 0.25) is 0 Å². The molecule has 104 valence electrons. The molecule has 0 aliphatic carbocycles. The molecule has 1 atom stereocenters. The number of halogens is 1. The highest BCUT2D eigenvalue weighted by atomic mass is 79.9. The summed E-state index contributed by atoms with van der Waals surface area (Å²) in [5.74, 6) is 1.11. The van der Waals surface area contributed by atoms with Gasteiger partial charge in [-0.25, -0.2) is 4.98 Å². The molecule has 0 aliphatic rings. The van der Waals surface area contributed by atoms with E-state index in [2.05, 4.69) is 62.3 Å². The zero-order valence-corrected chi connectivity index (χ0v) is 13.8. The number of hydrogen-bond donors (Lipinski definition) is 1. The van der Waals surface area contributed by atoms with Crippen molar-refractivity contribution in [2.45, 2.75) is 39.3 Å². The van der Waals surface area contributed by atoms with Gasteiger partial charge in [-0.1, -0.05) is 13.8 Å². The molecule has 3 nitrogen and oxygen atoms in total. The third-order valence-electron chi connectivity index (χ3n) is 2.98. The van der Waals surface area contributed by atoms with E-state index < -0.39 is 0 Å². The summed E-state index contributed by atoms with van der Waals surface area (Å²) in [6.07, 6.45) is 6.21. The van der Waals surface area contributed by atoms with Crippen LogP contribution < -0.4 is 5.32 Å². The third kappa shape index (κ3) is 3.46. The predicted molar refractivity (Wildman–Crippen MR) is 84.7 cm³/mol. The molecule has 19 heavy (non-hydrogen) atoms. The standard InChI is InChI=1S/C14H20BrN3S/c1-3-6-16-12(13-11(15)5-10-19-13)14-17-7-9-18(14)8-4-2/h5,7,9-10,12,16H,3-4,6,8H2,1-2H3. The normalized spacial score (nSPS) is 12.8. The highest BCUT2D eigenvalue weighted by Crippen LogP contribution is 2.32. The number of aromatic nitrogens is 2. The maximum Gasteiger partial charge on any atom is 0.131 e. The Morgan fingerprint density at radius 1 is 1.42 bits per heavy atom. The molecule has 1 N–H and O–H groups in total. The molecule has 2 aromatic rings. The first-order valence-electron chi connectivity index (χ1n) is 6.75. The summed E-state index contributed by atoms with van der Waals surface area (Å²) in [5.41, 5.74) is 0. The molecule has 0 saturated heterocycles. The van der Waals surface area contributed by atoms with Gasteiger partial charge in [-0.3, -0.25) is 0 Å². The van der Waals surface area contributed by atoms with E-state index in [0.717, 1.165) is 36.2 Å². The van der Waals surface area contributed by atoms with Crippen LogP contribution in [0.4, 0.5) is 0 Å². The van der Waals surface area contributed by atoms with Gasteiger partial charge in [0.05, 0.1) is 0 Å². The van der Waals surface area contributed by atoms with Crippen LogP contribution in [0.3, 0.4) is 0 Å². The number of hydrogen-bond acceptors (Lipinski definition) is 3. The molecule has 0 aromatic carbocycles. The lowest BCUT2D eigenvalue weighted by molar-refractivity contribution is 0.534. The van der Waals surface area contributed by atoms with Crippen molar-refractivity contribution in [3.8, 4) is 0 Å². The lowest BCUT2D eigenvalue weighted by atomic mass is 10.2. The van der Waals surface area contributed by atoms with Crippen molar-refractivity contribution >= 4 is 27.3 Å². The van der Waals surface area contributed by atoms with E-state index in [1.54, 1.807) is 11.3 Å². The first-order valence-corrected chi connectivity index (χ1v) is 8.42. The van der Waals surface area contributed by atoms with Crippen molar-refractivity contribution in [3.05, 3.63) is 39.0 Å². The van der Waals surface area contributed by atoms with Crippen LogP contribution >= 0.6 is 27.3 Å². The third-order valence-corrected chi connectivity index (χ3v) is 4.91. The number of thiophene rings is 1. The topological polar surface area (TPSA) is 29.9 Å². The maximum atomic E-state index is 4.57. The van der Waals surface area contributed by atoms with Crippen LogP contribution in [0.25, 0.3) is 0 Å². The lowest BCUT2D eigenvalue weighted by Crippen LogP contribution is -2.25. The highest BCUT2D eigenvalue weighted by Gasteiger charge is 2.21. The highest BCUT2D eigenvalue weighted by molar-refractivity contribution is 9.10. The number of imidazole rings is 1. The van der Waals surface area contributed by atoms with Crippen LogP contribution in [-0.4, -0.2) is 16.1 Å². The smallest absolute Gasteiger partial charge is 0.131 e. The lowest BCUT2D eigenvalue weighted by Gasteiger charge is -2.19.